The Morgan fingerprint density at radius 1 is 1.26 bits per heavy atom. The lowest BCUT2D eigenvalue weighted by Gasteiger charge is -2.28. The Hall–Kier alpha value is -2.89. The van der Waals surface area contributed by atoms with Gasteiger partial charge in [-0.05, 0) is 12.1 Å². The molecule has 0 spiro atoms. The van der Waals surface area contributed by atoms with Crippen molar-refractivity contribution in [3.05, 3.63) is 23.9 Å². The number of ether oxygens (including phenoxy) is 2. The Morgan fingerprint density at radius 2 is 1.96 bits per heavy atom. The van der Waals surface area contributed by atoms with Crippen LogP contribution in [0.5, 0.6) is 0 Å². The van der Waals surface area contributed by atoms with Gasteiger partial charge in [-0.3, -0.25) is 10.1 Å². The summed E-state index contributed by atoms with van der Waals surface area (Å²) in [6.45, 7) is -0.435. The lowest BCUT2D eigenvalue weighted by molar-refractivity contribution is -0.125. The molecule has 1 fully saturated rings. The van der Waals surface area contributed by atoms with Crippen LogP contribution >= 0.6 is 0 Å². The number of hydrogen-bond donors (Lipinski definition) is 2. The molecule has 1 aromatic heterocycles. The number of urea groups is 1. The fraction of sp³-hybridized carbons (Fsp3) is 0.467. The number of aromatic nitrogens is 1. The molecule has 1 saturated heterocycles. The lowest BCUT2D eigenvalue weighted by Crippen LogP contribution is -2.44. The number of halogens is 3. The normalized spacial score (nSPS) is 14.4. The van der Waals surface area contributed by atoms with Crippen LogP contribution in [0.4, 0.5) is 23.8 Å². The first-order valence-corrected chi connectivity index (χ1v) is 7.85. The second-order valence-corrected chi connectivity index (χ2v) is 5.40. The van der Waals surface area contributed by atoms with Gasteiger partial charge in [-0.15, -0.1) is 0 Å². The van der Waals surface area contributed by atoms with E-state index in [-0.39, 0.29) is 5.56 Å². The summed E-state index contributed by atoms with van der Waals surface area (Å²) < 4.78 is 46.0. The van der Waals surface area contributed by atoms with Crippen molar-refractivity contribution in [2.75, 3.05) is 44.4 Å². The fourth-order valence-electron chi connectivity index (χ4n) is 2.18. The first-order valence-electron chi connectivity index (χ1n) is 7.85. The van der Waals surface area contributed by atoms with Crippen LogP contribution in [0.2, 0.25) is 0 Å². The van der Waals surface area contributed by atoms with Crippen molar-refractivity contribution in [1.29, 1.82) is 0 Å². The number of imide groups is 1. The molecule has 0 unspecified atom stereocenters. The summed E-state index contributed by atoms with van der Waals surface area (Å²) in [6, 6.07) is 1.64. The molecule has 2 N–H and O–H groups in total. The van der Waals surface area contributed by atoms with Gasteiger partial charge in [0.15, 0.2) is 6.61 Å². The summed E-state index contributed by atoms with van der Waals surface area (Å²) in [5.74, 6) is -1.55. The number of alkyl halides is 3. The van der Waals surface area contributed by atoms with Crippen LogP contribution in [0.3, 0.4) is 0 Å². The van der Waals surface area contributed by atoms with E-state index in [0.717, 1.165) is 0 Å². The van der Waals surface area contributed by atoms with Crippen molar-refractivity contribution in [2.24, 2.45) is 0 Å². The number of carbonyl (C=O) groups excluding carboxylic acids is 3. The molecule has 3 amide bonds. The lowest BCUT2D eigenvalue weighted by atomic mass is 10.2. The molecule has 0 bridgehead atoms. The van der Waals surface area contributed by atoms with E-state index in [0.29, 0.717) is 32.1 Å². The molecule has 27 heavy (non-hydrogen) atoms. The Balaban J connectivity index is 1.87. The zero-order chi connectivity index (χ0) is 19.9. The number of morpholine rings is 1. The molecule has 9 nitrogen and oxygen atoms in total. The number of hydrogen-bond acceptors (Lipinski definition) is 7. The molecular formula is C15H17F3N4O5. The van der Waals surface area contributed by atoms with Crippen LogP contribution in [-0.4, -0.2) is 68.5 Å². The number of amides is 3. The highest BCUT2D eigenvalue weighted by molar-refractivity contribution is 5.98. The first kappa shape index (κ1) is 20.4. The Morgan fingerprint density at radius 3 is 2.63 bits per heavy atom. The predicted molar refractivity (Wildman–Crippen MR) is 85.1 cm³/mol. The van der Waals surface area contributed by atoms with Gasteiger partial charge in [-0.25, -0.2) is 14.6 Å². The van der Waals surface area contributed by atoms with Crippen LogP contribution in [0, 0.1) is 0 Å². The van der Waals surface area contributed by atoms with E-state index in [1.54, 1.807) is 5.32 Å². The van der Waals surface area contributed by atoms with Gasteiger partial charge in [0.1, 0.15) is 17.9 Å². The molecule has 148 valence electrons. The SMILES string of the molecule is O=C(COC(=O)c1cccnc1N1CCOCC1)NC(=O)NCC(F)(F)F. The van der Waals surface area contributed by atoms with Crippen LogP contribution in [0.25, 0.3) is 0 Å². The molecule has 0 atom stereocenters. The smallest absolute Gasteiger partial charge is 0.405 e. The minimum atomic E-state index is -4.61. The van der Waals surface area contributed by atoms with Gasteiger partial charge < -0.3 is 19.7 Å². The van der Waals surface area contributed by atoms with Crippen molar-refractivity contribution < 1.29 is 37.0 Å². The minimum Gasteiger partial charge on any atom is -0.452 e. The van der Waals surface area contributed by atoms with Crippen molar-refractivity contribution in [1.82, 2.24) is 15.6 Å². The molecule has 1 aliphatic rings. The van der Waals surface area contributed by atoms with Crippen molar-refractivity contribution in [3.63, 3.8) is 0 Å². The second-order valence-electron chi connectivity index (χ2n) is 5.40. The monoisotopic (exact) mass is 390 g/mol. The molecule has 0 saturated carbocycles. The van der Waals surface area contributed by atoms with Crippen molar-refractivity contribution >= 4 is 23.7 Å². The quantitative estimate of drug-likeness (QED) is 0.703. The highest BCUT2D eigenvalue weighted by atomic mass is 19.4. The number of nitrogens with one attached hydrogen (secondary N) is 2. The largest absolute Gasteiger partial charge is 0.452 e. The van der Waals surface area contributed by atoms with Crippen LogP contribution < -0.4 is 15.5 Å². The average molecular weight is 390 g/mol. The van der Waals surface area contributed by atoms with Crippen molar-refractivity contribution in [2.45, 2.75) is 6.18 Å². The zero-order valence-electron chi connectivity index (χ0n) is 14.0. The Bertz CT molecular complexity index is 692. The molecule has 0 aromatic carbocycles. The van der Waals surface area contributed by atoms with E-state index < -0.39 is 37.2 Å². The highest BCUT2D eigenvalue weighted by Crippen LogP contribution is 2.19. The molecule has 12 heteroatoms. The first-order chi connectivity index (χ1) is 12.8. The van der Waals surface area contributed by atoms with Gasteiger partial charge in [0.25, 0.3) is 5.91 Å². The number of rotatable bonds is 5. The summed E-state index contributed by atoms with van der Waals surface area (Å²) in [5.41, 5.74) is 0.119. The van der Waals surface area contributed by atoms with Gasteiger partial charge in [0.2, 0.25) is 0 Å². The number of nitrogens with zero attached hydrogens (tertiary/aromatic N) is 2. The average Bonchev–Trinajstić information content (AvgIpc) is 2.64. The van der Waals surface area contributed by atoms with Crippen LogP contribution in [-0.2, 0) is 14.3 Å². The Kier molecular flexibility index (Phi) is 6.93. The molecule has 0 radical (unpaired) electrons. The van der Waals surface area contributed by atoms with Gasteiger partial charge in [-0.2, -0.15) is 13.2 Å². The second kappa shape index (κ2) is 9.16. The third-order valence-corrected chi connectivity index (χ3v) is 3.35. The summed E-state index contributed by atoms with van der Waals surface area (Å²) in [6.07, 6.45) is -3.11. The van der Waals surface area contributed by atoms with Crippen molar-refractivity contribution in [3.8, 4) is 0 Å². The van der Waals surface area contributed by atoms with E-state index in [1.807, 2.05) is 4.90 Å². The fourth-order valence-corrected chi connectivity index (χ4v) is 2.18. The van der Waals surface area contributed by atoms with E-state index in [4.69, 9.17) is 9.47 Å². The summed E-state index contributed by atoms with van der Waals surface area (Å²) in [7, 11) is 0. The maximum atomic E-state index is 12.2. The molecule has 2 heterocycles. The molecule has 1 aromatic rings. The predicted octanol–water partition coefficient (Wildman–Crippen LogP) is 0.463. The minimum absolute atomic E-state index is 0.119. The summed E-state index contributed by atoms with van der Waals surface area (Å²) in [4.78, 5) is 40.9. The van der Waals surface area contributed by atoms with Crippen LogP contribution in [0.1, 0.15) is 10.4 Å². The Labute approximate surface area is 151 Å². The standard InChI is InChI=1S/C15H17F3N4O5/c16-15(17,18)9-20-14(25)21-11(23)8-27-13(24)10-2-1-3-19-12(10)22-4-6-26-7-5-22/h1-3H,4-9H2,(H2,20,21,23,25). The number of anilines is 1. The maximum Gasteiger partial charge on any atom is 0.405 e. The van der Waals surface area contributed by atoms with Gasteiger partial charge >= 0.3 is 18.2 Å². The summed E-state index contributed by atoms with van der Waals surface area (Å²) in [5, 5.41) is 3.09. The summed E-state index contributed by atoms with van der Waals surface area (Å²) >= 11 is 0. The maximum absolute atomic E-state index is 12.2. The van der Waals surface area contributed by atoms with E-state index >= 15 is 0 Å². The number of esters is 1. The van der Waals surface area contributed by atoms with E-state index in [2.05, 4.69) is 4.98 Å². The van der Waals surface area contributed by atoms with E-state index in [1.165, 1.54) is 23.6 Å². The zero-order valence-corrected chi connectivity index (χ0v) is 14.0. The third kappa shape index (κ3) is 6.73. The number of pyridine rings is 1. The third-order valence-electron chi connectivity index (χ3n) is 3.35. The molecule has 1 aliphatic heterocycles. The van der Waals surface area contributed by atoms with Gasteiger partial charge in [-0.1, -0.05) is 0 Å². The van der Waals surface area contributed by atoms with Crippen LogP contribution in [0.15, 0.2) is 18.3 Å². The molecule has 2 rings (SSSR count). The van der Waals surface area contributed by atoms with E-state index in [9.17, 15) is 27.6 Å². The number of carbonyl (C=O) groups is 3. The topological polar surface area (TPSA) is 110 Å². The van der Waals surface area contributed by atoms with Gasteiger partial charge in [0, 0.05) is 19.3 Å². The molecule has 0 aliphatic carbocycles. The molecular weight excluding hydrogens is 373 g/mol. The highest BCUT2D eigenvalue weighted by Gasteiger charge is 2.28. The van der Waals surface area contributed by atoms with Gasteiger partial charge in [0.05, 0.1) is 13.2 Å².